The molecule has 0 aliphatic carbocycles. The number of anilines is 2. The van der Waals surface area contributed by atoms with Gasteiger partial charge in [-0.05, 0) is 45.0 Å². The molecule has 1 amide bonds. The molecule has 0 radical (unpaired) electrons. The minimum absolute atomic E-state index is 0.0784. The third-order valence-electron chi connectivity index (χ3n) is 4.01. The van der Waals surface area contributed by atoms with Crippen LogP contribution in [0.4, 0.5) is 11.4 Å². The summed E-state index contributed by atoms with van der Waals surface area (Å²) in [4.78, 5) is 12.5. The lowest BCUT2D eigenvalue weighted by Crippen LogP contribution is -2.28. The molecule has 0 saturated heterocycles. The van der Waals surface area contributed by atoms with Crippen molar-refractivity contribution >= 4 is 28.9 Å². The van der Waals surface area contributed by atoms with E-state index in [2.05, 4.69) is 10.6 Å². The maximum Gasteiger partial charge on any atom is 0.263 e. The van der Waals surface area contributed by atoms with Crippen LogP contribution in [0.25, 0.3) is 0 Å². The summed E-state index contributed by atoms with van der Waals surface area (Å²) in [6.07, 6.45) is 1.32. The second kappa shape index (κ2) is 9.67. The molecule has 0 saturated carbocycles. The summed E-state index contributed by atoms with van der Waals surface area (Å²) in [5.74, 6) is 0.202. The number of ether oxygens (including phenoxy) is 1. The summed E-state index contributed by atoms with van der Waals surface area (Å²) in [5.41, 5.74) is 8.55. The van der Waals surface area contributed by atoms with Crippen molar-refractivity contribution in [1.82, 2.24) is 5.32 Å². The van der Waals surface area contributed by atoms with E-state index in [1.807, 2.05) is 45.0 Å². The van der Waals surface area contributed by atoms with Crippen molar-refractivity contribution in [2.45, 2.75) is 26.8 Å². The number of benzene rings is 2. The van der Waals surface area contributed by atoms with Gasteiger partial charge in [0.25, 0.3) is 5.91 Å². The second-order valence-corrected chi connectivity index (χ2v) is 6.63. The fourth-order valence-corrected chi connectivity index (χ4v) is 2.84. The number of aryl methyl sites for hydroxylation is 1. The monoisotopic (exact) mass is 398 g/mol. The van der Waals surface area contributed by atoms with E-state index in [1.54, 1.807) is 18.2 Å². The minimum atomic E-state index is -0.502. The van der Waals surface area contributed by atoms with Crippen molar-refractivity contribution in [3.8, 4) is 11.8 Å². The molecule has 0 aromatic heterocycles. The topological polar surface area (TPSA) is 100 Å². The average molecular weight is 399 g/mol. The summed E-state index contributed by atoms with van der Waals surface area (Å²) < 4.78 is 5.64. The molecule has 2 rings (SSSR count). The van der Waals surface area contributed by atoms with E-state index in [1.165, 1.54) is 6.20 Å². The Bertz CT molecular complexity index is 934. The Morgan fingerprint density at radius 1 is 1.36 bits per heavy atom. The molecule has 4 N–H and O–H groups in total. The predicted octanol–water partition coefficient (Wildman–Crippen LogP) is 4.33. The van der Waals surface area contributed by atoms with Crippen LogP contribution in [0.1, 0.15) is 31.0 Å². The van der Waals surface area contributed by atoms with Crippen molar-refractivity contribution in [1.29, 1.82) is 5.26 Å². The third-order valence-corrected chi connectivity index (χ3v) is 4.32. The molecular weight excluding hydrogens is 376 g/mol. The van der Waals surface area contributed by atoms with Crippen molar-refractivity contribution in [3.05, 3.63) is 64.3 Å². The molecular formula is C21H23ClN4O2. The van der Waals surface area contributed by atoms with Crippen LogP contribution >= 0.6 is 11.6 Å². The Morgan fingerprint density at radius 3 is 2.75 bits per heavy atom. The highest BCUT2D eigenvalue weighted by atomic mass is 35.5. The number of nitriles is 1. The number of nitrogens with one attached hydrogen (secondary N) is 2. The maximum absolute atomic E-state index is 12.5. The van der Waals surface area contributed by atoms with Crippen LogP contribution in [-0.2, 0) is 4.79 Å². The van der Waals surface area contributed by atoms with Gasteiger partial charge in [-0.15, -0.1) is 0 Å². The lowest BCUT2D eigenvalue weighted by atomic mass is 10.0. The van der Waals surface area contributed by atoms with E-state index in [0.29, 0.717) is 28.8 Å². The van der Waals surface area contributed by atoms with Crippen molar-refractivity contribution in [2.75, 3.05) is 17.7 Å². The molecule has 2 aromatic carbocycles. The first kappa shape index (κ1) is 21.1. The number of nitrogens with zero attached hydrogens (tertiary/aromatic N) is 1. The summed E-state index contributed by atoms with van der Waals surface area (Å²) in [7, 11) is 0. The smallest absolute Gasteiger partial charge is 0.263 e. The molecule has 28 heavy (non-hydrogen) atoms. The molecule has 7 heteroatoms. The Kier molecular flexibility index (Phi) is 7.30. The van der Waals surface area contributed by atoms with Gasteiger partial charge in [0.05, 0.1) is 23.4 Å². The lowest BCUT2D eigenvalue weighted by Gasteiger charge is -2.18. The first-order chi connectivity index (χ1) is 13.3. The Labute approximate surface area is 169 Å². The number of carbonyl (C=O) groups is 1. The van der Waals surface area contributed by atoms with Crippen LogP contribution in [0.15, 0.2) is 48.2 Å². The van der Waals surface area contributed by atoms with Gasteiger partial charge in [-0.25, -0.2) is 0 Å². The highest BCUT2D eigenvalue weighted by molar-refractivity contribution is 6.33. The van der Waals surface area contributed by atoms with E-state index in [4.69, 9.17) is 22.1 Å². The zero-order chi connectivity index (χ0) is 20.7. The largest absolute Gasteiger partial charge is 0.494 e. The SMILES string of the molecule is CCOc1ccc(C)cc1C(C)NC(=O)/C(C#N)=C\Nc1ccc(N)cc1Cl. The van der Waals surface area contributed by atoms with Gasteiger partial charge in [0.1, 0.15) is 17.4 Å². The Morgan fingerprint density at radius 2 is 2.11 bits per heavy atom. The van der Waals surface area contributed by atoms with Gasteiger partial charge in [0.2, 0.25) is 0 Å². The average Bonchev–Trinajstić information content (AvgIpc) is 2.65. The number of hydrogen-bond donors (Lipinski definition) is 3. The number of hydrogen-bond acceptors (Lipinski definition) is 5. The highest BCUT2D eigenvalue weighted by Crippen LogP contribution is 2.27. The maximum atomic E-state index is 12.5. The number of rotatable bonds is 7. The minimum Gasteiger partial charge on any atom is -0.494 e. The molecule has 0 aliphatic heterocycles. The molecule has 1 unspecified atom stereocenters. The zero-order valence-electron chi connectivity index (χ0n) is 16.0. The molecule has 146 valence electrons. The summed E-state index contributed by atoms with van der Waals surface area (Å²) in [5, 5.41) is 15.4. The number of nitrogens with two attached hydrogens (primary N) is 1. The van der Waals surface area contributed by atoms with E-state index in [9.17, 15) is 10.1 Å². The number of nitrogen functional groups attached to an aromatic ring is 1. The molecule has 0 aliphatic rings. The molecule has 2 aromatic rings. The number of carbonyl (C=O) groups excluding carboxylic acids is 1. The number of amides is 1. The van der Waals surface area contributed by atoms with E-state index < -0.39 is 5.91 Å². The molecule has 0 fully saturated rings. The number of halogens is 1. The van der Waals surface area contributed by atoms with Gasteiger partial charge in [-0.2, -0.15) is 5.26 Å². The molecule has 0 heterocycles. The molecule has 6 nitrogen and oxygen atoms in total. The fourth-order valence-electron chi connectivity index (χ4n) is 2.59. The van der Waals surface area contributed by atoms with E-state index in [0.717, 1.165) is 11.1 Å². The summed E-state index contributed by atoms with van der Waals surface area (Å²) in [6, 6.07) is 12.3. The van der Waals surface area contributed by atoms with Crippen molar-refractivity contribution in [3.63, 3.8) is 0 Å². The van der Waals surface area contributed by atoms with Crippen LogP contribution in [0, 0.1) is 18.3 Å². The van der Waals surface area contributed by atoms with Gasteiger partial charge < -0.3 is 21.1 Å². The van der Waals surface area contributed by atoms with Gasteiger partial charge in [-0.1, -0.05) is 29.3 Å². The van der Waals surface area contributed by atoms with Crippen LogP contribution in [-0.4, -0.2) is 12.5 Å². The first-order valence-corrected chi connectivity index (χ1v) is 9.19. The Hall–Kier alpha value is -3.17. The van der Waals surface area contributed by atoms with Gasteiger partial charge in [0.15, 0.2) is 0 Å². The van der Waals surface area contributed by atoms with E-state index >= 15 is 0 Å². The van der Waals surface area contributed by atoms with Crippen molar-refractivity contribution in [2.24, 2.45) is 0 Å². The van der Waals surface area contributed by atoms with E-state index in [-0.39, 0.29) is 11.6 Å². The summed E-state index contributed by atoms with van der Waals surface area (Å²) >= 11 is 6.09. The fraction of sp³-hybridized carbons (Fsp3) is 0.238. The van der Waals surface area contributed by atoms with Crippen LogP contribution in [0.2, 0.25) is 5.02 Å². The first-order valence-electron chi connectivity index (χ1n) is 8.81. The molecule has 0 bridgehead atoms. The normalized spacial score (nSPS) is 12.0. The Balaban J connectivity index is 2.15. The van der Waals surface area contributed by atoms with Gasteiger partial charge in [-0.3, -0.25) is 4.79 Å². The third kappa shape index (κ3) is 5.41. The van der Waals surface area contributed by atoms with Crippen LogP contribution < -0.4 is 21.1 Å². The summed E-state index contributed by atoms with van der Waals surface area (Å²) in [6.45, 7) is 6.23. The zero-order valence-corrected chi connectivity index (χ0v) is 16.8. The second-order valence-electron chi connectivity index (χ2n) is 6.22. The molecule has 0 spiro atoms. The standard InChI is InChI=1S/C21H23ClN4O2/c1-4-28-20-8-5-13(2)9-17(20)14(3)26-21(27)15(11-23)12-25-19-7-6-16(24)10-18(19)22/h5-10,12,14,25H,4,24H2,1-3H3,(H,26,27)/b15-12-. The van der Waals surface area contributed by atoms with Crippen LogP contribution in [0.3, 0.4) is 0 Å². The predicted molar refractivity (Wildman–Crippen MR) is 112 cm³/mol. The quantitative estimate of drug-likeness (QED) is 0.366. The van der Waals surface area contributed by atoms with Crippen molar-refractivity contribution < 1.29 is 9.53 Å². The van der Waals surface area contributed by atoms with Crippen LogP contribution in [0.5, 0.6) is 5.75 Å². The lowest BCUT2D eigenvalue weighted by molar-refractivity contribution is -0.117. The molecule has 1 atom stereocenters. The highest BCUT2D eigenvalue weighted by Gasteiger charge is 2.17. The van der Waals surface area contributed by atoms with Gasteiger partial charge >= 0.3 is 0 Å². The van der Waals surface area contributed by atoms with Gasteiger partial charge in [0, 0.05) is 17.5 Å².